The van der Waals surface area contributed by atoms with Gasteiger partial charge in [-0.25, -0.2) is 0 Å². The van der Waals surface area contributed by atoms with Gasteiger partial charge in [0.15, 0.2) is 16.6 Å². The molecule has 0 radical (unpaired) electrons. The Morgan fingerprint density at radius 1 is 1.17 bits per heavy atom. The molecule has 1 aliphatic rings. The lowest BCUT2D eigenvalue weighted by atomic mass is 9.99. The molecule has 0 bridgehead atoms. The fraction of sp³-hybridized carbons (Fsp3) is 0.696. The molecule has 1 heterocycles. The third-order valence-corrected chi connectivity index (χ3v) is 6.53. The van der Waals surface area contributed by atoms with Crippen LogP contribution in [0.1, 0.15) is 50.7 Å². The van der Waals surface area contributed by atoms with Crippen LogP contribution in [0.4, 0.5) is 0 Å². The van der Waals surface area contributed by atoms with Crippen molar-refractivity contribution in [3.05, 3.63) is 23.3 Å². The number of hydrogen-bond acceptors (Lipinski definition) is 3. The summed E-state index contributed by atoms with van der Waals surface area (Å²) in [5.74, 6) is 2.34. The average molecular weight is 423 g/mol. The van der Waals surface area contributed by atoms with Gasteiger partial charge in [0.1, 0.15) is 6.54 Å². The van der Waals surface area contributed by atoms with Crippen molar-refractivity contribution in [1.82, 2.24) is 10.2 Å². The highest BCUT2D eigenvalue weighted by molar-refractivity contribution is 7.80. The molecule has 6 heteroatoms. The zero-order chi connectivity index (χ0) is 21.2. The molecule has 2 rings (SSSR count). The Balaban J connectivity index is 1.82. The van der Waals surface area contributed by atoms with Crippen LogP contribution < -0.4 is 19.7 Å². The Morgan fingerprint density at radius 3 is 2.41 bits per heavy atom. The van der Waals surface area contributed by atoms with E-state index < -0.39 is 0 Å². The molecule has 1 aliphatic heterocycles. The Labute approximate surface area is 182 Å². The maximum atomic E-state index is 5.68. The first-order valence-electron chi connectivity index (χ1n) is 11.1. The number of hydrogen-bond donors (Lipinski definition) is 2. The third-order valence-electron chi connectivity index (χ3n) is 6.13. The molecule has 1 atom stereocenters. The maximum absolute atomic E-state index is 5.68. The van der Waals surface area contributed by atoms with Crippen molar-refractivity contribution < 1.29 is 14.4 Å². The lowest BCUT2D eigenvalue weighted by Gasteiger charge is -2.34. The van der Waals surface area contributed by atoms with Crippen LogP contribution in [0.15, 0.2) is 12.1 Å². The summed E-state index contributed by atoms with van der Waals surface area (Å²) in [6.45, 7) is 12.9. The van der Waals surface area contributed by atoms with Crippen molar-refractivity contribution in [1.29, 1.82) is 0 Å². The smallest absolute Gasteiger partial charge is 0.169 e. The van der Waals surface area contributed by atoms with E-state index in [0.29, 0.717) is 0 Å². The zero-order valence-electron chi connectivity index (χ0n) is 19.0. The second kappa shape index (κ2) is 12.2. The van der Waals surface area contributed by atoms with E-state index in [-0.39, 0.29) is 0 Å². The van der Waals surface area contributed by atoms with Gasteiger partial charge >= 0.3 is 0 Å². The summed E-state index contributed by atoms with van der Waals surface area (Å²) in [4.78, 5) is 3.93. The molecule has 0 saturated carbocycles. The monoisotopic (exact) mass is 422 g/mol. The van der Waals surface area contributed by atoms with E-state index in [2.05, 4.69) is 43.1 Å². The Kier molecular flexibility index (Phi) is 10.0. The Hall–Kier alpha value is -1.53. The number of thiocarbonyl (C=S) groups is 1. The molecular formula is C23H40N3O2S+. The first kappa shape index (κ1) is 23.7. The Bertz CT molecular complexity index is 645. The molecule has 1 saturated heterocycles. The summed E-state index contributed by atoms with van der Waals surface area (Å²) in [5.41, 5.74) is 2.58. The summed E-state index contributed by atoms with van der Waals surface area (Å²) in [5, 5.41) is 4.46. The van der Waals surface area contributed by atoms with Crippen LogP contribution in [0, 0.1) is 12.8 Å². The minimum Gasteiger partial charge on any atom is -0.493 e. The van der Waals surface area contributed by atoms with Crippen LogP contribution in [-0.4, -0.2) is 57.0 Å². The number of nitrogens with zero attached hydrogens (tertiary/aromatic N) is 1. The van der Waals surface area contributed by atoms with Crippen LogP contribution in [0.2, 0.25) is 0 Å². The molecule has 1 aromatic carbocycles. The van der Waals surface area contributed by atoms with Crippen molar-refractivity contribution in [2.45, 2.75) is 53.0 Å². The highest BCUT2D eigenvalue weighted by Crippen LogP contribution is 2.29. The van der Waals surface area contributed by atoms with E-state index in [4.69, 9.17) is 21.7 Å². The molecule has 0 spiro atoms. The van der Waals surface area contributed by atoms with Gasteiger partial charge < -0.3 is 24.6 Å². The molecule has 0 unspecified atom stereocenters. The predicted molar refractivity (Wildman–Crippen MR) is 124 cm³/mol. The first-order valence-corrected chi connectivity index (χ1v) is 11.5. The standard InChI is InChI=1S/C23H39N3O2S/c1-6-8-9-19(7-2)16-24-23(29)26-12-10-25(11-13-26)17-20-15-22(28-5)21(27-4)14-18(20)3/h14-15,19H,6-13,16-17H2,1-5H3,(H,24,29)/p+1/t19-/m0/s1. The van der Waals surface area contributed by atoms with Crippen molar-refractivity contribution in [3.8, 4) is 11.5 Å². The van der Waals surface area contributed by atoms with E-state index in [1.54, 1.807) is 19.1 Å². The van der Waals surface area contributed by atoms with Crippen LogP contribution in [-0.2, 0) is 6.54 Å². The van der Waals surface area contributed by atoms with Crippen molar-refractivity contribution in [3.63, 3.8) is 0 Å². The van der Waals surface area contributed by atoms with E-state index in [9.17, 15) is 0 Å². The second-order valence-electron chi connectivity index (χ2n) is 8.15. The van der Waals surface area contributed by atoms with Crippen LogP contribution >= 0.6 is 12.2 Å². The summed E-state index contributed by atoms with van der Waals surface area (Å²) < 4.78 is 10.9. The number of ether oxygens (including phenoxy) is 2. The van der Waals surface area contributed by atoms with Gasteiger partial charge in [-0.1, -0.05) is 33.1 Å². The predicted octanol–water partition coefficient (Wildman–Crippen LogP) is 2.80. The second-order valence-corrected chi connectivity index (χ2v) is 8.54. The topological polar surface area (TPSA) is 38.2 Å². The summed E-state index contributed by atoms with van der Waals surface area (Å²) in [7, 11) is 3.38. The molecule has 0 aliphatic carbocycles. The molecule has 29 heavy (non-hydrogen) atoms. The van der Waals surface area contributed by atoms with Crippen molar-refractivity contribution in [2.75, 3.05) is 46.9 Å². The largest absolute Gasteiger partial charge is 0.493 e. The highest BCUT2D eigenvalue weighted by atomic mass is 32.1. The normalized spacial score (nSPS) is 15.8. The minimum absolute atomic E-state index is 0.729. The van der Waals surface area contributed by atoms with Gasteiger partial charge in [-0.05, 0) is 49.2 Å². The molecule has 2 N–H and O–H groups in total. The van der Waals surface area contributed by atoms with E-state index in [1.165, 1.54) is 36.8 Å². The quantitative estimate of drug-likeness (QED) is 0.567. The molecule has 5 nitrogen and oxygen atoms in total. The fourth-order valence-corrected chi connectivity index (χ4v) is 4.24. The molecule has 0 aromatic heterocycles. The summed E-state index contributed by atoms with van der Waals surface area (Å²) in [6.07, 6.45) is 5.10. The number of rotatable bonds is 10. The molecular weight excluding hydrogens is 382 g/mol. The number of methoxy groups -OCH3 is 2. The fourth-order valence-electron chi connectivity index (χ4n) is 3.97. The van der Waals surface area contributed by atoms with Crippen LogP contribution in [0.25, 0.3) is 0 Å². The average Bonchev–Trinajstić information content (AvgIpc) is 2.75. The number of quaternary nitrogens is 1. The van der Waals surface area contributed by atoms with Gasteiger partial charge in [0.05, 0.1) is 40.4 Å². The third kappa shape index (κ3) is 7.03. The lowest BCUT2D eigenvalue weighted by molar-refractivity contribution is -0.917. The molecule has 1 aromatic rings. The van der Waals surface area contributed by atoms with Crippen LogP contribution in [0.3, 0.4) is 0 Å². The number of aryl methyl sites for hydroxylation is 1. The van der Waals surface area contributed by atoms with Gasteiger partial charge in [0.25, 0.3) is 0 Å². The first-order chi connectivity index (χ1) is 14.0. The molecule has 0 amide bonds. The van der Waals surface area contributed by atoms with Gasteiger partial charge in [-0.2, -0.15) is 0 Å². The summed E-state index contributed by atoms with van der Waals surface area (Å²) >= 11 is 5.68. The summed E-state index contributed by atoms with van der Waals surface area (Å²) in [6, 6.07) is 4.20. The number of nitrogens with one attached hydrogen (secondary N) is 2. The van der Waals surface area contributed by atoms with Gasteiger partial charge in [0, 0.05) is 12.1 Å². The highest BCUT2D eigenvalue weighted by Gasteiger charge is 2.23. The van der Waals surface area contributed by atoms with Crippen LogP contribution in [0.5, 0.6) is 11.5 Å². The maximum Gasteiger partial charge on any atom is 0.169 e. The number of unbranched alkanes of at least 4 members (excludes halogenated alkanes) is 1. The van der Waals surface area contributed by atoms with Crippen molar-refractivity contribution in [2.24, 2.45) is 5.92 Å². The van der Waals surface area contributed by atoms with E-state index in [0.717, 1.165) is 61.8 Å². The Morgan fingerprint density at radius 2 is 1.83 bits per heavy atom. The van der Waals surface area contributed by atoms with E-state index in [1.807, 2.05) is 0 Å². The minimum atomic E-state index is 0.729. The van der Waals surface area contributed by atoms with Crippen molar-refractivity contribution >= 4 is 17.3 Å². The molecule has 164 valence electrons. The van der Waals surface area contributed by atoms with Gasteiger partial charge in [-0.15, -0.1) is 0 Å². The number of piperazine rings is 1. The number of benzene rings is 1. The lowest BCUT2D eigenvalue weighted by Crippen LogP contribution is -3.13. The SMILES string of the molecule is CCCC[C@H](CC)CNC(=S)N1CC[NH+](Cc2cc(OC)c(OC)cc2C)CC1. The van der Waals surface area contributed by atoms with E-state index >= 15 is 0 Å². The van der Waals surface area contributed by atoms with Gasteiger partial charge in [-0.3, -0.25) is 0 Å². The van der Waals surface area contributed by atoms with Gasteiger partial charge in [0.2, 0.25) is 0 Å². The molecule has 1 fully saturated rings. The zero-order valence-corrected chi connectivity index (χ0v) is 19.8.